The maximum Gasteiger partial charge on any atom is 0.406 e. The van der Waals surface area contributed by atoms with E-state index < -0.39 is 42.0 Å². The Labute approximate surface area is 122 Å². The SMILES string of the molecule is N#Cc1cc(F)c(N[C@@H]2CC(=O)N(CC(F)(F)F)C2)c(F)c1. The second-order valence-electron chi connectivity index (χ2n) is 4.86. The maximum atomic E-state index is 13.7. The molecule has 0 aliphatic carbocycles. The van der Waals surface area contributed by atoms with Crippen molar-refractivity contribution in [1.29, 1.82) is 5.26 Å². The van der Waals surface area contributed by atoms with Crippen LogP contribution in [0.25, 0.3) is 0 Å². The number of carbonyl (C=O) groups excluding carboxylic acids is 1. The fourth-order valence-corrected chi connectivity index (χ4v) is 2.22. The Morgan fingerprint density at radius 2 is 1.91 bits per heavy atom. The van der Waals surface area contributed by atoms with E-state index in [0.29, 0.717) is 4.90 Å². The van der Waals surface area contributed by atoms with E-state index in [4.69, 9.17) is 5.26 Å². The Balaban J connectivity index is 2.10. The van der Waals surface area contributed by atoms with E-state index in [1.165, 1.54) is 0 Å². The third-order valence-electron chi connectivity index (χ3n) is 3.10. The van der Waals surface area contributed by atoms with Crippen molar-refractivity contribution >= 4 is 11.6 Å². The van der Waals surface area contributed by atoms with Crippen molar-refractivity contribution in [3.05, 3.63) is 29.3 Å². The van der Waals surface area contributed by atoms with Gasteiger partial charge in [0.2, 0.25) is 5.91 Å². The smallest absolute Gasteiger partial charge is 0.375 e. The summed E-state index contributed by atoms with van der Waals surface area (Å²) < 4.78 is 64.2. The fourth-order valence-electron chi connectivity index (χ4n) is 2.22. The van der Waals surface area contributed by atoms with E-state index in [2.05, 4.69) is 5.32 Å². The number of hydrogen-bond acceptors (Lipinski definition) is 3. The summed E-state index contributed by atoms with van der Waals surface area (Å²) in [6, 6.07) is 2.34. The molecular weight excluding hydrogens is 309 g/mol. The molecule has 0 radical (unpaired) electrons. The molecule has 1 heterocycles. The van der Waals surface area contributed by atoms with Gasteiger partial charge in [0.1, 0.15) is 12.2 Å². The molecule has 0 unspecified atom stereocenters. The molecule has 9 heteroatoms. The molecule has 1 fully saturated rings. The number of likely N-dealkylation sites (tertiary alicyclic amines) is 1. The van der Waals surface area contributed by atoms with Crippen LogP contribution in [0, 0.1) is 23.0 Å². The van der Waals surface area contributed by atoms with Gasteiger partial charge in [-0.15, -0.1) is 0 Å². The van der Waals surface area contributed by atoms with Crippen LogP contribution in [0.5, 0.6) is 0 Å². The number of benzene rings is 1. The molecule has 118 valence electrons. The molecular formula is C13H10F5N3O. The topological polar surface area (TPSA) is 56.1 Å². The zero-order valence-corrected chi connectivity index (χ0v) is 11.0. The average molecular weight is 319 g/mol. The third-order valence-corrected chi connectivity index (χ3v) is 3.10. The van der Waals surface area contributed by atoms with E-state index in [1.54, 1.807) is 6.07 Å². The Bertz CT molecular complexity index is 615. The van der Waals surface area contributed by atoms with E-state index in [-0.39, 0.29) is 18.5 Å². The lowest BCUT2D eigenvalue weighted by molar-refractivity contribution is -0.157. The summed E-state index contributed by atoms with van der Waals surface area (Å²) >= 11 is 0. The number of alkyl halides is 3. The summed E-state index contributed by atoms with van der Waals surface area (Å²) in [6.45, 7) is -1.71. The van der Waals surface area contributed by atoms with E-state index >= 15 is 0 Å². The van der Waals surface area contributed by atoms with Gasteiger partial charge in [-0.25, -0.2) is 8.78 Å². The first-order chi connectivity index (χ1) is 10.2. The molecule has 1 aromatic carbocycles. The van der Waals surface area contributed by atoms with Crippen molar-refractivity contribution in [3.63, 3.8) is 0 Å². The zero-order chi connectivity index (χ0) is 16.5. The van der Waals surface area contributed by atoms with Gasteiger partial charge in [0, 0.05) is 13.0 Å². The lowest BCUT2D eigenvalue weighted by atomic mass is 10.1. The van der Waals surface area contributed by atoms with Gasteiger partial charge in [-0.05, 0) is 12.1 Å². The Morgan fingerprint density at radius 1 is 1.32 bits per heavy atom. The predicted octanol–water partition coefficient (Wildman–Crippen LogP) is 2.41. The van der Waals surface area contributed by atoms with Gasteiger partial charge in [-0.3, -0.25) is 4.79 Å². The molecule has 22 heavy (non-hydrogen) atoms. The number of rotatable bonds is 3. The van der Waals surface area contributed by atoms with Crippen molar-refractivity contribution in [3.8, 4) is 6.07 Å². The largest absolute Gasteiger partial charge is 0.406 e. The normalized spacial score (nSPS) is 18.5. The van der Waals surface area contributed by atoms with E-state index in [1.807, 2.05) is 0 Å². The molecule has 0 aromatic heterocycles. The van der Waals surface area contributed by atoms with Crippen LogP contribution >= 0.6 is 0 Å². The van der Waals surface area contributed by atoms with Gasteiger partial charge in [0.25, 0.3) is 0 Å². The minimum Gasteiger partial charge on any atom is -0.375 e. The third kappa shape index (κ3) is 3.63. The van der Waals surface area contributed by atoms with Crippen LogP contribution in [0.15, 0.2) is 12.1 Å². The van der Waals surface area contributed by atoms with E-state index in [9.17, 15) is 26.7 Å². The molecule has 1 saturated heterocycles. The van der Waals surface area contributed by atoms with Gasteiger partial charge in [-0.1, -0.05) is 0 Å². The van der Waals surface area contributed by atoms with Crippen LogP contribution in [-0.2, 0) is 4.79 Å². The highest BCUT2D eigenvalue weighted by molar-refractivity contribution is 5.80. The van der Waals surface area contributed by atoms with Gasteiger partial charge in [0.15, 0.2) is 11.6 Å². The highest BCUT2D eigenvalue weighted by Crippen LogP contribution is 2.26. The minimum atomic E-state index is -4.53. The first kappa shape index (κ1) is 16.0. The summed E-state index contributed by atoms with van der Waals surface area (Å²) in [4.78, 5) is 12.1. The number of halogens is 5. The second-order valence-corrected chi connectivity index (χ2v) is 4.86. The van der Waals surface area contributed by atoms with Gasteiger partial charge >= 0.3 is 6.18 Å². The van der Waals surface area contributed by atoms with E-state index in [0.717, 1.165) is 12.1 Å². The molecule has 1 N–H and O–H groups in total. The molecule has 4 nitrogen and oxygen atoms in total. The maximum absolute atomic E-state index is 13.7. The Morgan fingerprint density at radius 3 is 2.41 bits per heavy atom. The molecule has 0 saturated carbocycles. The van der Waals surface area contributed by atoms with Crippen molar-refractivity contribution in [1.82, 2.24) is 4.90 Å². The van der Waals surface area contributed by atoms with Gasteiger partial charge in [-0.2, -0.15) is 18.4 Å². The van der Waals surface area contributed by atoms with Crippen molar-refractivity contribution in [2.24, 2.45) is 0 Å². The number of nitrogens with one attached hydrogen (secondary N) is 1. The van der Waals surface area contributed by atoms with Crippen LogP contribution in [-0.4, -0.2) is 36.1 Å². The number of carbonyl (C=O) groups is 1. The monoisotopic (exact) mass is 319 g/mol. The summed E-state index contributed by atoms with van der Waals surface area (Å²) in [5.41, 5.74) is -0.785. The van der Waals surface area contributed by atoms with Crippen molar-refractivity contribution < 1.29 is 26.7 Å². The first-order valence-corrected chi connectivity index (χ1v) is 6.20. The molecule has 1 aliphatic heterocycles. The lowest BCUT2D eigenvalue weighted by Crippen LogP contribution is -2.36. The first-order valence-electron chi connectivity index (χ1n) is 6.20. The molecule has 0 spiro atoms. The molecule has 2 rings (SSSR count). The van der Waals surface area contributed by atoms with Crippen LogP contribution in [0.4, 0.5) is 27.6 Å². The van der Waals surface area contributed by atoms with Crippen molar-refractivity contribution in [2.45, 2.75) is 18.6 Å². The second kappa shape index (κ2) is 5.79. The predicted molar refractivity (Wildman–Crippen MR) is 65.7 cm³/mol. The van der Waals surface area contributed by atoms with Crippen LogP contribution < -0.4 is 5.32 Å². The summed E-state index contributed by atoms with van der Waals surface area (Å²) in [5, 5.41) is 11.0. The Hall–Kier alpha value is -2.37. The van der Waals surface area contributed by atoms with Crippen LogP contribution in [0.3, 0.4) is 0 Å². The number of hydrogen-bond donors (Lipinski definition) is 1. The van der Waals surface area contributed by atoms with Crippen molar-refractivity contribution in [2.75, 3.05) is 18.4 Å². The highest BCUT2D eigenvalue weighted by atomic mass is 19.4. The fraction of sp³-hybridized carbons (Fsp3) is 0.385. The quantitative estimate of drug-likeness (QED) is 0.871. The Kier molecular flexibility index (Phi) is 4.21. The summed E-state index contributed by atoms with van der Waals surface area (Å²) in [6.07, 6.45) is -4.83. The molecule has 0 bridgehead atoms. The molecule has 1 atom stereocenters. The molecule has 1 aromatic rings. The average Bonchev–Trinajstić information content (AvgIpc) is 2.72. The standard InChI is InChI=1S/C13H10F5N3O/c14-9-1-7(4-19)2-10(15)12(9)20-8-3-11(22)21(5-8)6-13(16,17)18/h1-2,8,20H,3,5-6H2/t8-/m1/s1. The number of nitrogens with zero attached hydrogens (tertiary/aromatic N) is 2. The molecule has 1 aliphatic rings. The summed E-state index contributed by atoms with van der Waals surface area (Å²) in [7, 11) is 0. The molecule has 1 amide bonds. The van der Waals surface area contributed by atoms with Crippen LogP contribution in [0.2, 0.25) is 0 Å². The van der Waals surface area contributed by atoms with Gasteiger partial charge < -0.3 is 10.2 Å². The number of nitriles is 1. The summed E-state index contributed by atoms with van der Waals surface area (Å²) in [5.74, 6) is -2.83. The minimum absolute atomic E-state index is 0.221. The zero-order valence-electron chi connectivity index (χ0n) is 11.0. The number of amides is 1. The van der Waals surface area contributed by atoms with Gasteiger partial charge in [0.05, 0.1) is 17.7 Å². The van der Waals surface area contributed by atoms with Crippen LogP contribution in [0.1, 0.15) is 12.0 Å². The lowest BCUT2D eigenvalue weighted by Gasteiger charge is -2.19. The highest BCUT2D eigenvalue weighted by Gasteiger charge is 2.38. The number of anilines is 1.